The molecule has 0 fully saturated rings. The fourth-order valence-corrected chi connectivity index (χ4v) is 2.02. The van der Waals surface area contributed by atoms with E-state index in [1.165, 1.54) is 6.08 Å². The fraction of sp³-hybridized carbons (Fsp3) is 0.200. The summed E-state index contributed by atoms with van der Waals surface area (Å²) >= 11 is 0. The molecule has 1 aliphatic carbocycles. The average molecular weight is 257 g/mol. The average Bonchev–Trinajstić information content (AvgIpc) is 2.47. The van der Waals surface area contributed by atoms with Crippen LogP contribution in [0.3, 0.4) is 0 Å². The van der Waals surface area contributed by atoms with Crippen molar-refractivity contribution in [3.05, 3.63) is 53.6 Å². The number of allylic oxidation sites excluding steroid dienone is 3. The molecule has 0 aliphatic heterocycles. The summed E-state index contributed by atoms with van der Waals surface area (Å²) < 4.78 is 19.1. The Morgan fingerprint density at radius 2 is 2.05 bits per heavy atom. The second kappa shape index (κ2) is 5.07. The van der Waals surface area contributed by atoms with Crippen molar-refractivity contribution in [2.75, 3.05) is 7.11 Å². The van der Waals surface area contributed by atoms with Crippen LogP contribution in [0.15, 0.2) is 48.1 Å². The molecule has 0 saturated heterocycles. The Kier molecular flexibility index (Phi) is 3.48. The maximum atomic E-state index is 14.6. The molecule has 96 valence electrons. The summed E-state index contributed by atoms with van der Waals surface area (Å²) in [4.78, 5) is 11.5. The van der Waals surface area contributed by atoms with E-state index in [0.717, 1.165) is 12.7 Å². The van der Waals surface area contributed by atoms with Crippen molar-refractivity contribution in [2.45, 2.75) is 12.1 Å². The molecular weight excluding hydrogens is 245 g/mol. The minimum atomic E-state index is -2.34. The van der Waals surface area contributed by atoms with Gasteiger partial charge in [0, 0.05) is 6.42 Å². The zero-order valence-corrected chi connectivity index (χ0v) is 10.4. The summed E-state index contributed by atoms with van der Waals surface area (Å²) in [5.74, 6) is -0.813. The molecular formula is C15H12FNO2. The second-order valence-corrected chi connectivity index (χ2v) is 4.22. The van der Waals surface area contributed by atoms with Gasteiger partial charge in [-0.3, -0.25) is 0 Å². The summed E-state index contributed by atoms with van der Waals surface area (Å²) in [6.07, 6.45) is 2.81. The second-order valence-electron chi connectivity index (χ2n) is 4.22. The van der Waals surface area contributed by atoms with E-state index in [1.807, 2.05) is 30.3 Å². The monoisotopic (exact) mass is 257 g/mol. The van der Waals surface area contributed by atoms with Crippen LogP contribution in [-0.2, 0) is 9.53 Å². The Morgan fingerprint density at radius 1 is 1.37 bits per heavy atom. The van der Waals surface area contributed by atoms with Crippen molar-refractivity contribution in [1.82, 2.24) is 0 Å². The molecule has 0 N–H and O–H groups in total. The van der Waals surface area contributed by atoms with Gasteiger partial charge in [0.2, 0.25) is 5.67 Å². The van der Waals surface area contributed by atoms with Crippen molar-refractivity contribution in [3.8, 4) is 6.07 Å². The molecule has 0 bridgehead atoms. The normalized spacial score (nSPS) is 21.9. The van der Waals surface area contributed by atoms with Crippen LogP contribution < -0.4 is 0 Å². The Labute approximate surface area is 110 Å². The molecule has 19 heavy (non-hydrogen) atoms. The first-order valence-corrected chi connectivity index (χ1v) is 5.76. The topological polar surface area (TPSA) is 50.1 Å². The van der Waals surface area contributed by atoms with Crippen molar-refractivity contribution >= 4 is 11.5 Å². The van der Waals surface area contributed by atoms with Crippen LogP contribution in [0.25, 0.3) is 5.57 Å². The van der Waals surface area contributed by atoms with E-state index < -0.39 is 11.6 Å². The first-order chi connectivity index (χ1) is 9.10. The zero-order chi connectivity index (χ0) is 13.9. The van der Waals surface area contributed by atoms with Crippen LogP contribution in [0, 0.1) is 11.3 Å². The maximum Gasteiger partial charge on any atom is 0.338 e. The zero-order valence-electron chi connectivity index (χ0n) is 10.4. The largest absolute Gasteiger partial charge is 0.466 e. The highest BCUT2D eigenvalue weighted by atomic mass is 19.1. The molecule has 0 aromatic heterocycles. The van der Waals surface area contributed by atoms with Crippen LogP contribution in [-0.4, -0.2) is 18.7 Å². The molecule has 0 saturated carbocycles. The van der Waals surface area contributed by atoms with Gasteiger partial charge >= 0.3 is 5.97 Å². The smallest absolute Gasteiger partial charge is 0.338 e. The lowest BCUT2D eigenvalue weighted by Gasteiger charge is -2.24. The summed E-state index contributed by atoms with van der Waals surface area (Å²) in [5.41, 5.74) is -1.08. The molecule has 0 spiro atoms. The molecule has 0 heterocycles. The van der Waals surface area contributed by atoms with Crippen LogP contribution in [0.4, 0.5) is 4.39 Å². The van der Waals surface area contributed by atoms with E-state index in [0.29, 0.717) is 5.57 Å². The molecule has 1 aromatic carbocycles. The van der Waals surface area contributed by atoms with Gasteiger partial charge in [-0.1, -0.05) is 36.4 Å². The Bertz CT molecular complexity index is 598. The minimum absolute atomic E-state index is 0.158. The number of halogens is 1. The molecule has 3 nitrogen and oxygen atoms in total. The highest BCUT2D eigenvalue weighted by Gasteiger charge is 2.41. The van der Waals surface area contributed by atoms with Gasteiger partial charge in [-0.2, -0.15) is 5.26 Å². The van der Waals surface area contributed by atoms with Crippen LogP contribution >= 0.6 is 0 Å². The number of rotatable bonds is 2. The van der Waals surface area contributed by atoms with E-state index in [2.05, 4.69) is 4.74 Å². The van der Waals surface area contributed by atoms with Crippen molar-refractivity contribution in [3.63, 3.8) is 0 Å². The molecule has 1 atom stereocenters. The molecule has 1 aromatic rings. The number of carbonyl (C=O) groups is 1. The highest BCUT2D eigenvalue weighted by molar-refractivity contribution is 5.94. The number of carbonyl (C=O) groups excluding carboxylic acids is 1. The van der Waals surface area contributed by atoms with Crippen LogP contribution in [0.1, 0.15) is 12.0 Å². The van der Waals surface area contributed by atoms with Gasteiger partial charge in [0.05, 0.1) is 12.7 Å². The lowest BCUT2D eigenvalue weighted by atomic mass is 9.83. The quantitative estimate of drug-likeness (QED) is 0.765. The summed E-state index contributed by atoms with van der Waals surface area (Å²) in [6, 6.07) is 10.8. The Morgan fingerprint density at radius 3 is 2.63 bits per heavy atom. The number of nitriles is 1. The first-order valence-electron chi connectivity index (χ1n) is 5.76. The summed E-state index contributed by atoms with van der Waals surface area (Å²) in [6.45, 7) is 0. The van der Waals surface area contributed by atoms with Gasteiger partial charge in [-0.25, -0.2) is 9.18 Å². The number of hydrogen-bond donors (Lipinski definition) is 0. The van der Waals surface area contributed by atoms with Gasteiger partial charge in [0.15, 0.2) is 0 Å². The van der Waals surface area contributed by atoms with Gasteiger partial charge in [0.1, 0.15) is 6.07 Å². The van der Waals surface area contributed by atoms with E-state index in [9.17, 15) is 9.18 Å². The van der Waals surface area contributed by atoms with Gasteiger partial charge in [-0.15, -0.1) is 0 Å². The SMILES string of the molecule is COC(=O)C1=CC=C(c2ccccc2)CC1(F)C#N. The van der Waals surface area contributed by atoms with E-state index in [-0.39, 0.29) is 12.0 Å². The minimum Gasteiger partial charge on any atom is -0.466 e. The third-order valence-corrected chi connectivity index (χ3v) is 3.04. The number of alkyl halides is 1. The van der Waals surface area contributed by atoms with Crippen molar-refractivity contribution < 1.29 is 13.9 Å². The lowest BCUT2D eigenvalue weighted by Crippen LogP contribution is -2.31. The van der Waals surface area contributed by atoms with Gasteiger partial charge in [0.25, 0.3) is 0 Å². The summed E-state index contributed by atoms with van der Waals surface area (Å²) in [5, 5.41) is 9.03. The number of benzene rings is 1. The van der Waals surface area contributed by atoms with Gasteiger partial charge in [-0.05, 0) is 17.2 Å². The third-order valence-electron chi connectivity index (χ3n) is 3.04. The lowest BCUT2D eigenvalue weighted by molar-refractivity contribution is -0.137. The van der Waals surface area contributed by atoms with Crippen molar-refractivity contribution in [1.29, 1.82) is 5.26 Å². The van der Waals surface area contributed by atoms with Crippen LogP contribution in [0.5, 0.6) is 0 Å². The molecule has 1 unspecified atom stereocenters. The molecule has 2 rings (SSSR count). The Hall–Kier alpha value is -2.41. The standard InChI is InChI=1S/C15H12FNO2/c1-19-14(18)13-8-7-12(9-15(13,16)10-17)11-5-3-2-4-6-11/h2-8H,9H2,1H3. The molecule has 4 heteroatoms. The Balaban J connectivity index is 2.43. The number of nitrogens with zero attached hydrogens (tertiary/aromatic N) is 1. The van der Waals surface area contributed by atoms with Gasteiger partial charge < -0.3 is 4.74 Å². The van der Waals surface area contributed by atoms with E-state index in [1.54, 1.807) is 12.1 Å². The third kappa shape index (κ3) is 2.41. The predicted molar refractivity (Wildman–Crippen MR) is 68.6 cm³/mol. The highest BCUT2D eigenvalue weighted by Crippen LogP contribution is 2.37. The predicted octanol–water partition coefficient (Wildman–Crippen LogP) is 2.80. The molecule has 0 radical (unpaired) electrons. The fourth-order valence-electron chi connectivity index (χ4n) is 2.02. The number of esters is 1. The number of methoxy groups -OCH3 is 1. The molecule has 1 aliphatic rings. The summed E-state index contributed by atoms with van der Waals surface area (Å²) in [7, 11) is 1.16. The van der Waals surface area contributed by atoms with E-state index >= 15 is 0 Å². The maximum absolute atomic E-state index is 14.6. The van der Waals surface area contributed by atoms with Crippen molar-refractivity contribution in [2.24, 2.45) is 0 Å². The molecule has 0 amide bonds. The van der Waals surface area contributed by atoms with E-state index in [4.69, 9.17) is 5.26 Å². The van der Waals surface area contributed by atoms with Crippen LogP contribution in [0.2, 0.25) is 0 Å². The first kappa shape index (κ1) is 13.0. The number of ether oxygens (including phenoxy) is 1. The number of hydrogen-bond acceptors (Lipinski definition) is 3.